The Morgan fingerprint density at radius 2 is 2.00 bits per heavy atom. The molecule has 1 amide bonds. The van der Waals surface area contributed by atoms with E-state index in [0.717, 1.165) is 58.8 Å². The molecule has 25 heavy (non-hydrogen) atoms. The van der Waals surface area contributed by atoms with Crippen LogP contribution >= 0.6 is 0 Å². The van der Waals surface area contributed by atoms with E-state index >= 15 is 0 Å². The minimum atomic E-state index is -0.174. The third-order valence-electron chi connectivity index (χ3n) is 5.86. The van der Waals surface area contributed by atoms with Crippen molar-refractivity contribution >= 4 is 5.91 Å². The molecule has 2 saturated heterocycles. The summed E-state index contributed by atoms with van der Waals surface area (Å²) in [6.45, 7) is 6.43. The van der Waals surface area contributed by atoms with Crippen LogP contribution in [0.2, 0.25) is 0 Å². The molecule has 0 N–H and O–H groups in total. The van der Waals surface area contributed by atoms with Gasteiger partial charge in [-0.1, -0.05) is 18.2 Å². The predicted molar refractivity (Wildman–Crippen MR) is 93.8 cm³/mol. The number of carbonyl (C=O) groups is 1. The summed E-state index contributed by atoms with van der Waals surface area (Å²) in [5, 5.41) is 0. The number of morpholine rings is 1. The smallest absolute Gasteiger partial charge is 0.226 e. The normalized spacial score (nSPS) is 30.3. The van der Waals surface area contributed by atoms with Crippen molar-refractivity contribution in [1.29, 1.82) is 0 Å². The fraction of sp³-hybridized carbons (Fsp3) is 0.650. The molecule has 4 rings (SSSR count). The minimum absolute atomic E-state index is 0.0148. The van der Waals surface area contributed by atoms with Crippen LogP contribution in [0.5, 0.6) is 0 Å². The minimum Gasteiger partial charge on any atom is -0.379 e. The Balaban J connectivity index is 1.32. The number of carbonyl (C=O) groups excluding carboxylic acids is 1. The molecular formula is C20H27FN2O2. The number of likely N-dealkylation sites (tertiary alicyclic amines) is 1. The van der Waals surface area contributed by atoms with Gasteiger partial charge in [0.2, 0.25) is 5.91 Å². The highest BCUT2D eigenvalue weighted by molar-refractivity contribution is 5.83. The van der Waals surface area contributed by atoms with Gasteiger partial charge in [-0.3, -0.25) is 9.69 Å². The van der Waals surface area contributed by atoms with Crippen LogP contribution in [0.3, 0.4) is 0 Å². The molecule has 0 bridgehead atoms. The number of ether oxygens (including phenoxy) is 1. The number of hydrogen-bond acceptors (Lipinski definition) is 3. The van der Waals surface area contributed by atoms with E-state index < -0.39 is 0 Å². The third-order valence-corrected chi connectivity index (χ3v) is 5.86. The average molecular weight is 346 g/mol. The molecule has 1 saturated carbocycles. The van der Waals surface area contributed by atoms with Crippen molar-refractivity contribution in [3.05, 3.63) is 35.6 Å². The molecule has 3 atom stereocenters. The van der Waals surface area contributed by atoms with Crippen LogP contribution in [0.25, 0.3) is 0 Å². The number of halogens is 1. The summed E-state index contributed by atoms with van der Waals surface area (Å²) >= 11 is 0. The summed E-state index contributed by atoms with van der Waals surface area (Å²) in [6.07, 6.45) is 3.07. The fourth-order valence-electron chi connectivity index (χ4n) is 4.39. The molecule has 4 nitrogen and oxygen atoms in total. The Hall–Kier alpha value is -1.46. The van der Waals surface area contributed by atoms with E-state index in [2.05, 4.69) is 4.90 Å². The van der Waals surface area contributed by atoms with Crippen LogP contribution in [0.1, 0.15) is 30.7 Å². The van der Waals surface area contributed by atoms with Gasteiger partial charge < -0.3 is 9.64 Å². The molecule has 2 heterocycles. The lowest BCUT2D eigenvalue weighted by Crippen LogP contribution is -2.46. The molecule has 2 aliphatic heterocycles. The van der Waals surface area contributed by atoms with E-state index in [4.69, 9.17) is 4.74 Å². The van der Waals surface area contributed by atoms with Crippen molar-refractivity contribution in [1.82, 2.24) is 9.80 Å². The number of hydrogen-bond donors (Lipinski definition) is 0. The third kappa shape index (κ3) is 3.87. The maximum absolute atomic E-state index is 13.9. The highest BCUT2D eigenvalue weighted by Gasteiger charge is 2.47. The Morgan fingerprint density at radius 3 is 2.80 bits per heavy atom. The lowest BCUT2D eigenvalue weighted by atomic mass is 9.96. The number of amides is 1. The summed E-state index contributed by atoms with van der Waals surface area (Å²) < 4.78 is 19.4. The first-order valence-corrected chi connectivity index (χ1v) is 9.55. The molecule has 3 aliphatic rings. The molecule has 0 spiro atoms. The van der Waals surface area contributed by atoms with Gasteiger partial charge in [-0.25, -0.2) is 4.39 Å². The summed E-state index contributed by atoms with van der Waals surface area (Å²) in [4.78, 5) is 17.4. The largest absolute Gasteiger partial charge is 0.379 e. The van der Waals surface area contributed by atoms with Crippen LogP contribution in [-0.4, -0.2) is 61.6 Å². The maximum Gasteiger partial charge on any atom is 0.226 e. The van der Waals surface area contributed by atoms with E-state index in [-0.39, 0.29) is 23.6 Å². The first-order valence-electron chi connectivity index (χ1n) is 9.55. The molecule has 0 aromatic heterocycles. The number of nitrogens with zero attached hydrogens (tertiary/aromatic N) is 2. The lowest BCUT2D eigenvalue weighted by Gasteiger charge is -2.37. The Labute approximate surface area is 148 Å². The molecule has 5 heteroatoms. The summed E-state index contributed by atoms with van der Waals surface area (Å²) in [6, 6.07) is 6.88. The molecule has 3 fully saturated rings. The molecule has 3 unspecified atom stereocenters. The van der Waals surface area contributed by atoms with Crippen LogP contribution in [0.15, 0.2) is 24.3 Å². The predicted octanol–water partition coefficient (Wildman–Crippen LogP) is 2.50. The van der Waals surface area contributed by atoms with Crippen molar-refractivity contribution in [3.63, 3.8) is 0 Å². The van der Waals surface area contributed by atoms with Crippen LogP contribution < -0.4 is 0 Å². The molecular weight excluding hydrogens is 319 g/mol. The van der Waals surface area contributed by atoms with E-state index in [1.54, 1.807) is 6.07 Å². The van der Waals surface area contributed by atoms with E-state index in [1.807, 2.05) is 17.0 Å². The zero-order valence-electron chi connectivity index (χ0n) is 14.7. The van der Waals surface area contributed by atoms with Gasteiger partial charge in [0.05, 0.1) is 13.2 Å². The Morgan fingerprint density at radius 1 is 1.20 bits per heavy atom. The number of rotatable bonds is 4. The van der Waals surface area contributed by atoms with Crippen molar-refractivity contribution in [2.75, 3.05) is 45.9 Å². The average Bonchev–Trinajstić information content (AvgIpc) is 3.43. The summed E-state index contributed by atoms with van der Waals surface area (Å²) in [7, 11) is 0. The fourth-order valence-corrected chi connectivity index (χ4v) is 4.39. The standard InChI is InChI=1S/C20H27FN2O2/c21-19-6-2-1-5-16(19)17-12-18(17)20(24)23-7-3-4-15(14-23)13-22-8-10-25-11-9-22/h1-2,5-6,15,17-18H,3-4,7-14H2. The first kappa shape index (κ1) is 17.0. The van der Waals surface area contributed by atoms with Gasteiger partial charge in [0.1, 0.15) is 5.82 Å². The van der Waals surface area contributed by atoms with Gasteiger partial charge in [0, 0.05) is 38.6 Å². The van der Waals surface area contributed by atoms with Gasteiger partial charge in [-0.05, 0) is 42.7 Å². The van der Waals surface area contributed by atoms with Crippen LogP contribution in [0, 0.1) is 17.7 Å². The van der Waals surface area contributed by atoms with Gasteiger partial charge in [0.15, 0.2) is 0 Å². The van der Waals surface area contributed by atoms with Gasteiger partial charge in [-0.15, -0.1) is 0 Å². The topological polar surface area (TPSA) is 32.8 Å². The summed E-state index contributed by atoms with van der Waals surface area (Å²) in [5.41, 5.74) is 0.711. The zero-order chi connectivity index (χ0) is 17.2. The van der Waals surface area contributed by atoms with Crippen molar-refractivity contribution < 1.29 is 13.9 Å². The summed E-state index contributed by atoms with van der Waals surface area (Å²) in [5.74, 6) is 0.681. The molecule has 0 radical (unpaired) electrons. The van der Waals surface area contributed by atoms with Crippen LogP contribution in [0.4, 0.5) is 4.39 Å². The van der Waals surface area contributed by atoms with Gasteiger partial charge in [-0.2, -0.15) is 0 Å². The van der Waals surface area contributed by atoms with Gasteiger partial charge >= 0.3 is 0 Å². The van der Waals surface area contributed by atoms with Crippen molar-refractivity contribution in [3.8, 4) is 0 Å². The Kier molecular flexibility index (Phi) is 5.04. The second-order valence-electron chi connectivity index (χ2n) is 7.68. The quantitative estimate of drug-likeness (QED) is 0.840. The highest BCUT2D eigenvalue weighted by Crippen LogP contribution is 2.49. The second-order valence-corrected chi connectivity index (χ2v) is 7.68. The van der Waals surface area contributed by atoms with E-state index in [9.17, 15) is 9.18 Å². The van der Waals surface area contributed by atoms with Crippen molar-refractivity contribution in [2.24, 2.45) is 11.8 Å². The number of piperidine rings is 1. The Bertz CT molecular complexity index is 617. The molecule has 1 aromatic rings. The van der Waals surface area contributed by atoms with Gasteiger partial charge in [0.25, 0.3) is 0 Å². The SMILES string of the molecule is O=C(C1CC1c1ccccc1F)N1CCCC(CN2CCOCC2)C1. The molecule has 1 aromatic carbocycles. The second kappa shape index (κ2) is 7.42. The van der Waals surface area contributed by atoms with Crippen LogP contribution in [-0.2, 0) is 9.53 Å². The first-order chi connectivity index (χ1) is 12.2. The monoisotopic (exact) mass is 346 g/mol. The highest BCUT2D eigenvalue weighted by atomic mass is 19.1. The number of benzene rings is 1. The molecule has 136 valence electrons. The zero-order valence-corrected chi connectivity index (χ0v) is 14.7. The lowest BCUT2D eigenvalue weighted by molar-refractivity contribution is -0.134. The maximum atomic E-state index is 13.9. The van der Waals surface area contributed by atoms with Crippen molar-refractivity contribution in [2.45, 2.75) is 25.2 Å². The molecule has 1 aliphatic carbocycles. The van der Waals surface area contributed by atoms with E-state index in [1.165, 1.54) is 12.5 Å². The van der Waals surface area contributed by atoms with E-state index in [0.29, 0.717) is 11.5 Å².